The highest BCUT2D eigenvalue weighted by molar-refractivity contribution is 5.51. The van der Waals surface area contributed by atoms with Gasteiger partial charge in [0.25, 0.3) is 0 Å². The molecule has 1 aliphatic carbocycles. The van der Waals surface area contributed by atoms with Crippen molar-refractivity contribution in [1.29, 1.82) is 0 Å². The SMILES string of the molecule is Cc1cc(N2CCN(CCO)CC2)ccc1CNC1CC1. The standard InChI is InChI=1S/C17H27N3O/c1-14-12-17(5-2-15(14)13-18-16-3-4-16)20-8-6-19(7-9-20)10-11-21/h2,5,12,16,18,21H,3-4,6-11,13H2,1H3. The van der Waals surface area contributed by atoms with Gasteiger partial charge in [-0.05, 0) is 43.0 Å². The number of hydrogen-bond donors (Lipinski definition) is 2. The molecule has 0 radical (unpaired) electrons. The van der Waals surface area contributed by atoms with Gasteiger partial charge in [-0.25, -0.2) is 0 Å². The topological polar surface area (TPSA) is 38.7 Å². The first kappa shape index (κ1) is 14.8. The summed E-state index contributed by atoms with van der Waals surface area (Å²) < 4.78 is 0. The zero-order valence-electron chi connectivity index (χ0n) is 13.0. The third-order valence-electron chi connectivity index (χ3n) is 4.64. The number of aryl methyl sites for hydroxylation is 1. The van der Waals surface area contributed by atoms with Crippen molar-refractivity contribution in [3.63, 3.8) is 0 Å². The Labute approximate surface area is 127 Å². The van der Waals surface area contributed by atoms with Gasteiger partial charge in [0, 0.05) is 51.0 Å². The van der Waals surface area contributed by atoms with Gasteiger partial charge in [-0.3, -0.25) is 4.90 Å². The van der Waals surface area contributed by atoms with E-state index >= 15 is 0 Å². The van der Waals surface area contributed by atoms with E-state index in [0.717, 1.165) is 45.3 Å². The highest BCUT2D eigenvalue weighted by Crippen LogP contribution is 2.23. The van der Waals surface area contributed by atoms with E-state index in [9.17, 15) is 0 Å². The van der Waals surface area contributed by atoms with E-state index in [2.05, 4.69) is 40.2 Å². The first-order valence-electron chi connectivity index (χ1n) is 8.17. The van der Waals surface area contributed by atoms with Crippen LogP contribution in [0.2, 0.25) is 0 Å². The lowest BCUT2D eigenvalue weighted by Crippen LogP contribution is -2.47. The number of hydrogen-bond acceptors (Lipinski definition) is 4. The van der Waals surface area contributed by atoms with Crippen LogP contribution in [0.1, 0.15) is 24.0 Å². The molecule has 2 N–H and O–H groups in total. The lowest BCUT2D eigenvalue weighted by Gasteiger charge is -2.36. The Bertz CT molecular complexity index is 465. The molecule has 3 rings (SSSR count). The summed E-state index contributed by atoms with van der Waals surface area (Å²) >= 11 is 0. The van der Waals surface area contributed by atoms with Crippen molar-refractivity contribution >= 4 is 5.69 Å². The fourth-order valence-corrected chi connectivity index (χ4v) is 2.99. The zero-order valence-corrected chi connectivity index (χ0v) is 13.0. The molecule has 0 bridgehead atoms. The molecule has 2 fully saturated rings. The molecule has 4 heteroatoms. The number of benzene rings is 1. The highest BCUT2D eigenvalue weighted by Gasteiger charge is 2.20. The highest BCUT2D eigenvalue weighted by atomic mass is 16.3. The van der Waals surface area contributed by atoms with Gasteiger partial charge in [-0.2, -0.15) is 0 Å². The van der Waals surface area contributed by atoms with E-state index < -0.39 is 0 Å². The van der Waals surface area contributed by atoms with Gasteiger partial charge in [-0.15, -0.1) is 0 Å². The van der Waals surface area contributed by atoms with Crippen LogP contribution in [-0.4, -0.2) is 55.4 Å². The summed E-state index contributed by atoms with van der Waals surface area (Å²) in [5, 5.41) is 12.6. The van der Waals surface area contributed by atoms with E-state index in [-0.39, 0.29) is 6.61 Å². The minimum Gasteiger partial charge on any atom is -0.395 e. The number of β-amino-alcohol motifs (C(OH)–C–C–N with tert-alkyl or cyclic N) is 1. The number of aliphatic hydroxyl groups is 1. The van der Waals surface area contributed by atoms with Crippen molar-refractivity contribution in [1.82, 2.24) is 10.2 Å². The fourth-order valence-electron chi connectivity index (χ4n) is 2.99. The second-order valence-corrected chi connectivity index (χ2v) is 6.32. The van der Waals surface area contributed by atoms with E-state index in [1.165, 1.54) is 29.7 Å². The van der Waals surface area contributed by atoms with Crippen molar-refractivity contribution in [2.75, 3.05) is 44.2 Å². The van der Waals surface area contributed by atoms with E-state index in [0.29, 0.717) is 0 Å². The molecular weight excluding hydrogens is 262 g/mol. The van der Waals surface area contributed by atoms with Gasteiger partial charge in [0.2, 0.25) is 0 Å². The van der Waals surface area contributed by atoms with Gasteiger partial charge in [0.15, 0.2) is 0 Å². The Hall–Kier alpha value is -1.10. The summed E-state index contributed by atoms with van der Waals surface area (Å²) in [5.41, 5.74) is 4.15. The third-order valence-corrected chi connectivity index (χ3v) is 4.64. The Kier molecular flexibility index (Phi) is 4.78. The average Bonchev–Trinajstić information content (AvgIpc) is 3.31. The smallest absolute Gasteiger partial charge is 0.0558 e. The van der Waals surface area contributed by atoms with Crippen LogP contribution in [0.25, 0.3) is 0 Å². The monoisotopic (exact) mass is 289 g/mol. The number of nitrogens with one attached hydrogen (secondary N) is 1. The molecule has 1 saturated heterocycles. The summed E-state index contributed by atoms with van der Waals surface area (Å²) in [4.78, 5) is 4.79. The number of rotatable bonds is 6. The molecule has 0 spiro atoms. The minimum absolute atomic E-state index is 0.266. The predicted octanol–water partition coefficient (Wildman–Crippen LogP) is 1.36. The number of anilines is 1. The Morgan fingerprint density at radius 1 is 1.19 bits per heavy atom. The molecule has 0 atom stereocenters. The Balaban J connectivity index is 1.57. The van der Waals surface area contributed by atoms with Crippen molar-refractivity contribution in [2.24, 2.45) is 0 Å². The summed E-state index contributed by atoms with van der Waals surface area (Å²) in [6, 6.07) is 7.63. The Morgan fingerprint density at radius 2 is 1.95 bits per heavy atom. The van der Waals surface area contributed by atoms with Crippen LogP contribution in [0.5, 0.6) is 0 Å². The van der Waals surface area contributed by atoms with Gasteiger partial charge in [-0.1, -0.05) is 6.07 Å². The van der Waals surface area contributed by atoms with Crippen molar-refractivity contribution < 1.29 is 5.11 Å². The molecule has 0 unspecified atom stereocenters. The Morgan fingerprint density at radius 3 is 2.57 bits per heavy atom. The van der Waals surface area contributed by atoms with Crippen LogP contribution in [-0.2, 0) is 6.54 Å². The quantitative estimate of drug-likeness (QED) is 0.829. The first-order chi connectivity index (χ1) is 10.3. The van der Waals surface area contributed by atoms with Gasteiger partial charge in [0.05, 0.1) is 6.61 Å². The van der Waals surface area contributed by atoms with Crippen molar-refractivity contribution in [3.05, 3.63) is 29.3 Å². The summed E-state index contributed by atoms with van der Waals surface area (Å²) in [6.07, 6.45) is 2.69. The third kappa shape index (κ3) is 3.96. The predicted molar refractivity (Wildman–Crippen MR) is 86.8 cm³/mol. The summed E-state index contributed by atoms with van der Waals surface area (Å²) in [5.74, 6) is 0. The molecule has 116 valence electrons. The maximum absolute atomic E-state index is 9.00. The molecule has 1 aromatic carbocycles. The van der Waals surface area contributed by atoms with E-state index in [4.69, 9.17) is 5.11 Å². The molecular formula is C17H27N3O. The lowest BCUT2D eigenvalue weighted by atomic mass is 10.1. The summed E-state index contributed by atoms with van der Waals surface area (Å²) in [6.45, 7) is 8.49. The first-order valence-corrected chi connectivity index (χ1v) is 8.17. The number of aliphatic hydroxyl groups excluding tert-OH is 1. The van der Waals surface area contributed by atoms with Crippen LogP contribution in [0.4, 0.5) is 5.69 Å². The normalized spacial score (nSPS) is 20.0. The zero-order chi connectivity index (χ0) is 14.7. The maximum Gasteiger partial charge on any atom is 0.0558 e. The molecule has 0 amide bonds. The molecule has 1 saturated carbocycles. The molecule has 2 aliphatic rings. The van der Waals surface area contributed by atoms with E-state index in [1.54, 1.807) is 0 Å². The number of nitrogens with zero attached hydrogens (tertiary/aromatic N) is 2. The maximum atomic E-state index is 9.00. The molecule has 4 nitrogen and oxygen atoms in total. The van der Waals surface area contributed by atoms with Crippen LogP contribution >= 0.6 is 0 Å². The second-order valence-electron chi connectivity index (χ2n) is 6.32. The molecule has 0 aromatic heterocycles. The molecule has 1 aromatic rings. The lowest BCUT2D eigenvalue weighted by molar-refractivity contribution is 0.189. The number of piperazine rings is 1. The van der Waals surface area contributed by atoms with Crippen LogP contribution < -0.4 is 10.2 Å². The fraction of sp³-hybridized carbons (Fsp3) is 0.647. The molecule has 1 aliphatic heterocycles. The van der Waals surface area contributed by atoms with Crippen molar-refractivity contribution in [2.45, 2.75) is 32.4 Å². The van der Waals surface area contributed by atoms with Gasteiger partial charge >= 0.3 is 0 Å². The van der Waals surface area contributed by atoms with Gasteiger partial charge in [0.1, 0.15) is 0 Å². The van der Waals surface area contributed by atoms with Crippen LogP contribution in [0, 0.1) is 6.92 Å². The minimum atomic E-state index is 0.266. The summed E-state index contributed by atoms with van der Waals surface area (Å²) in [7, 11) is 0. The van der Waals surface area contributed by atoms with Crippen LogP contribution in [0.3, 0.4) is 0 Å². The van der Waals surface area contributed by atoms with E-state index in [1.807, 2.05) is 0 Å². The van der Waals surface area contributed by atoms with Crippen molar-refractivity contribution in [3.8, 4) is 0 Å². The van der Waals surface area contributed by atoms with Gasteiger partial charge < -0.3 is 15.3 Å². The largest absolute Gasteiger partial charge is 0.395 e. The average molecular weight is 289 g/mol. The second kappa shape index (κ2) is 6.77. The molecule has 21 heavy (non-hydrogen) atoms. The van der Waals surface area contributed by atoms with Crippen LogP contribution in [0.15, 0.2) is 18.2 Å². The molecule has 1 heterocycles.